The Morgan fingerprint density at radius 1 is 1.09 bits per heavy atom. The highest BCUT2D eigenvalue weighted by Gasteiger charge is 2.29. The quantitative estimate of drug-likeness (QED) is 0.419. The molecule has 0 radical (unpaired) electrons. The molecule has 1 heterocycles. The molecule has 3 rings (SSSR count). The molecule has 0 bridgehead atoms. The minimum Gasteiger partial charge on any atom is -0.478 e. The van der Waals surface area contributed by atoms with E-state index in [0.29, 0.717) is 27.5 Å². The Bertz CT molecular complexity index is 1270. The lowest BCUT2D eigenvalue weighted by Crippen LogP contribution is -2.15. The first-order valence-corrected chi connectivity index (χ1v) is 12.0. The molecule has 1 aromatic heterocycles. The van der Waals surface area contributed by atoms with Gasteiger partial charge in [-0.3, -0.25) is 4.72 Å². The second-order valence-electron chi connectivity index (χ2n) is 7.19. The SMILES string of the molecule is Cc1cc(S(=O)(=O)Nc2ccc(SCc3ccc(C(F)(F)F)cc3)nc2)cc(C(=O)O)c1C. The van der Waals surface area contributed by atoms with E-state index < -0.39 is 27.7 Å². The van der Waals surface area contributed by atoms with Crippen LogP contribution >= 0.6 is 11.8 Å². The molecule has 0 aliphatic heterocycles. The smallest absolute Gasteiger partial charge is 0.416 e. The van der Waals surface area contributed by atoms with E-state index in [1.807, 2.05) is 0 Å². The third kappa shape index (κ3) is 6.05. The van der Waals surface area contributed by atoms with E-state index in [1.165, 1.54) is 42.2 Å². The molecule has 2 N–H and O–H groups in total. The summed E-state index contributed by atoms with van der Waals surface area (Å²) in [5, 5.41) is 9.86. The van der Waals surface area contributed by atoms with Crippen LogP contribution in [0.1, 0.15) is 32.6 Å². The number of nitrogens with zero attached hydrogens (tertiary/aromatic N) is 1. The standard InChI is InChI=1S/C22H19F3N2O4S2/c1-13-9-18(10-19(14(13)2)21(28)29)33(30,31)27-17-7-8-20(26-11-17)32-12-15-3-5-16(6-4-15)22(23,24)25/h3-11,27H,12H2,1-2H3,(H,28,29). The maximum Gasteiger partial charge on any atom is 0.416 e. The van der Waals surface area contributed by atoms with Crippen LogP contribution < -0.4 is 4.72 Å². The van der Waals surface area contributed by atoms with Crippen LogP contribution in [0.5, 0.6) is 0 Å². The number of hydrogen-bond donors (Lipinski definition) is 2. The molecule has 0 aliphatic rings. The predicted molar refractivity (Wildman–Crippen MR) is 119 cm³/mol. The summed E-state index contributed by atoms with van der Waals surface area (Å²) in [7, 11) is -4.04. The van der Waals surface area contributed by atoms with Gasteiger partial charge in [0.25, 0.3) is 10.0 Å². The van der Waals surface area contributed by atoms with Crippen molar-refractivity contribution in [2.45, 2.75) is 35.7 Å². The molecule has 0 saturated heterocycles. The van der Waals surface area contributed by atoms with Crippen LogP contribution in [0.3, 0.4) is 0 Å². The Morgan fingerprint density at radius 2 is 1.76 bits per heavy atom. The normalized spacial score (nSPS) is 11.9. The average molecular weight is 497 g/mol. The number of benzene rings is 2. The average Bonchev–Trinajstić information content (AvgIpc) is 2.74. The number of pyridine rings is 1. The molecular formula is C22H19F3N2O4S2. The van der Waals surface area contributed by atoms with E-state index in [9.17, 15) is 31.5 Å². The molecule has 11 heteroatoms. The number of alkyl halides is 3. The van der Waals surface area contributed by atoms with E-state index in [1.54, 1.807) is 19.9 Å². The first-order chi connectivity index (χ1) is 15.4. The zero-order valence-corrected chi connectivity index (χ0v) is 19.1. The van der Waals surface area contributed by atoms with Crippen molar-refractivity contribution in [3.63, 3.8) is 0 Å². The van der Waals surface area contributed by atoms with E-state index >= 15 is 0 Å². The van der Waals surface area contributed by atoms with Gasteiger partial charge < -0.3 is 5.11 Å². The largest absolute Gasteiger partial charge is 0.478 e. The van der Waals surface area contributed by atoms with E-state index in [2.05, 4.69) is 9.71 Å². The molecule has 0 unspecified atom stereocenters. The summed E-state index contributed by atoms with van der Waals surface area (Å²) in [5.74, 6) is -0.833. The lowest BCUT2D eigenvalue weighted by Gasteiger charge is -2.12. The number of carboxylic acid groups (broad SMARTS) is 1. The highest BCUT2D eigenvalue weighted by atomic mass is 32.2. The van der Waals surface area contributed by atoms with Crippen molar-refractivity contribution in [1.82, 2.24) is 4.98 Å². The van der Waals surface area contributed by atoms with Gasteiger partial charge in [-0.1, -0.05) is 12.1 Å². The number of aryl methyl sites for hydroxylation is 1. The number of aromatic nitrogens is 1. The minimum atomic E-state index is -4.39. The van der Waals surface area contributed by atoms with Gasteiger partial charge >= 0.3 is 12.1 Å². The first-order valence-electron chi connectivity index (χ1n) is 9.49. The number of sulfonamides is 1. The van der Waals surface area contributed by atoms with Gasteiger partial charge in [0.15, 0.2) is 0 Å². The molecule has 0 aliphatic carbocycles. The Morgan fingerprint density at radius 3 is 2.30 bits per heavy atom. The second kappa shape index (κ2) is 9.44. The van der Waals surface area contributed by atoms with Crippen LogP contribution in [-0.4, -0.2) is 24.5 Å². The number of halogens is 3. The molecule has 174 valence electrons. The van der Waals surface area contributed by atoms with Crippen LogP contribution in [0.2, 0.25) is 0 Å². The van der Waals surface area contributed by atoms with Gasteiger partial charge in [-0.25, -0.2) is 18.2 Å². The topological polar surface area (TPSA) is 96.4 Å². The summed E-state index contributed by atoms with van der Waals surface area (Å²) >= 11 is 1.28. The Labute approximate surface area is 192 Å². The number of anilines is 1. The van der Waals surface area contributed by atoms with Crippen molar-refractivity contribution in [3.05, 3.63) is 82.5 Å². The summed E-state index contributed by atoms with van der Waals surface area (Å²) in [5.41, 5.74) is 1.07. The predicted octanol–water partition coefficient (Wildman–Crippen LogP) is 5.51. The molecule has 2 aromatic carbocycles. The highest BCUT2D eigenvalue weighted by Crippen LogP contribution is 2.30. The van der Waals surface area contributed by atoms with Crippen molar-refractivity contribution in [1.29, 1.82) is 0 Å². The number of carboxylic acids is 1. The van der Waals surface area contributed by atoms with Gasteiger partial charge in [0.05, 0.1) is 32.9 Å². The number of aromatic carboxylic acids is 1. The summed E-state index contributed by atoms with van der Waals surface area (Å²) in [4.78, 5) is 15.4. The fraction of sp³-hybridized carbons (Fsp3) is 0.182. The molecule has 33 heavy (non-hydrogen) atoms. The fourth-order valence-electron chi connectivity index (χ4n) is 2.89. The van der Waals surface area contributed by atoms with Gasteiger partial charge in [0, 0.05) is 5.75 Å². The van der Waals surface area contributed by atoms with Crippen LogP contribution in [0, 0.1) is 13.8 Å². The lowest BCUT2D eigenvalue weighted by atomic mass is 10.0. The Kier molecular flexibility index (Phi) is 7.03. The summed E-state index contributed by atoms with van der Waals surface area (Å²) in [6.07, 6.45) is -3.07. The highest BCUT2D eigenvalue weighted by molar-refractivity contribution is 7.98. The minimum absolute atomic E-state index is 0.0940. The zero-order valence-electron chi connectivity index (χ0n) is 17.5. The molecular weight excluding hydrogens is 477 g/mol. The number of thioether (sulfide) groups is 1. The van der Waals surface area contributed by atoms with E-state index in [-0.39, 0.29) is 16.1 Å². The van der Waals surface area contributed by atoms with Crippen LogP contribution in [0.15, 0.2) is 64.6 Å². The van der Waals surface area contributed by atoms with Crippen LogP contribution in [0.4, 0.5) is 18.9 Å². The monoisotopic (exact) mass is 496 g/mol. The third-order valence-corrected chi connectivity index (χ3v) is 7.21. The number of nitrogens with one attached hydrogen (secondary N) is 1. The van der Waals surface area contributed by atoms with Gasteiger partial charge in [0.1, 0.15) is 0 Å². The molecule has 0 amide bonds. The van der Waals surface area contributed by atoms with Crippen molar-refractivity contribution in [2.75, 3.05) is 4.72 Å². The maximum absolute atomic E-state index is 12.7. The summed E-state index contributed by atoms with van der Waals surface area (Å²) in [6.45, 7) is 3.23. The van der Waals surface area contributed by atoms with Crippen LogP contribution in [0.25, 0.3) is 0 Å². The van der Waals surface area contributed by atoms with Gasteiger partial charge in [0.2, 0.25) is 0 Å². The number of hydrogen-bond acceptors (Lipinski definition) is 5. The third-order valence-electron chi connectivity index (χ3n) is 4.84. The maximum atomic E-state index is 12.7. The molecule has 0 fully saturated rings. The molecule has 0 spiro atoms. The van der Waals surface area contributed by atoms with Crippen LogP contribution in [-0.2, 0) is 22.0 Å². The fourth-order valence-corrected chi connectivity index (χ4v) is 4.84. The second-order valence-corrected chi connectivity index (χ2v) is 9.87. The van der Waals surface area contributed by atoms with Gasteiger partial charge in [-0.05, 0) is 66.9 Å². The lowest BCUT2D eigenvalue weighted by molar-refractivity contribution is -0.137. The summed E-state index contributed by atoms with van der Waals surface area (Å²) in [6, 6.07) is 10.4. The summed E-state index contributed by atoms with van der Waals surface area (Å²) < 4.78 is 65.7. The van der Waals surface area contributed by atoms with Crippen molar-refractivity contribution < 1.29 is 31.5 Å². The molecule has 6 nitrogen and oxygen atoms in total. The van der Waals surface area contributed by atoms with Gasteiger partial charge in [-0.2, -0.15) is 13.2 Å². The number of carbonyl (C=O) groups is 1. The van der Waals surface area contributed by atoms with Crippen molar-refractivity contribution >= 4 is 33.4 Å². The zero-order chi connectivity index (χ0) is 24.4. The first kappa shape index (κ1) is 24.6. The van der Waals surface area contributed by atoms with Gasteiger partial charge in [-0.15, -0.1) is 11.8 Å². The molecule has 0 saturated carbocycles. The van der Waals surface area contributed by atoms with Crippen molar-refractivity contribution in [3.8, 4) is 0 Å². The number of rotatable bonds is 7. The van der Waals surface area contributed by atoms with E-state index in [4.69, 9.17) is 0 Å². The van der Waals surface area contributed by atoms with Crippen molar-refractivity contribution in [2.24, 2.45) is 0 Å². The molecule has 3 aromatic rings. The molecule has 0 atom stereocenters. The Balaban J connectivity index is 1.68. The Hall–Kier alpha value is -3.05. The van der Waals surface area contributed by atoms with E-state index in [0.717, 1.165) is 18.2 Å².